The molecule has 1 rings (SSSR count). The zero-order valence-corrected chi connectivity index (χ0v) is 13.4. The van der Waals surface area contributed by atoms with Gasteiger partial charge in [0, 0.05) is 11.8 Å². The average Bonchev–Trinajstić information content (AvgIpc) is 2.34. The number of aliphatic hydroxyl groups is 1. The molecule has 0 spiro atoms. The molecule has 0 saturated carbocycles. The van der Waals surface area contributed by atoms with Crippen LogP contribution in [-0.2, 0) is 4.79 Å². The smallest absolute Gasteiger partial charge is 0.138 e. The van der Waals surface area contributed by atoms with Gasteiger partial charge in [-0.2, -0.15) is 0 Å². The maximum Gasteiger partial charge on any atom is 0.138 e. The minimum atomic E-state index is -0.332. The summed E-state index contributed by atoms with van der Waals surface area (Å²) in [6, 6.07) is 10.2. The molecule has 112 valence electrons. The van der Waals surface area contributed by atoms with E-state index in [-0.39, 0.29) is 29.1 Å². The molecule has 1 N–H and O–H groups in total. The van der Waals surface area contributed by atoms with Gasteiger partial charge in [0.1, 0.15) is 5.78 Å². The number of hydrogen-bond donors (Lipinski definition) is 1. The Morgan fingerprint density at radius 3 is 2.15 bits per heavy atom. The van der Waals surface area contributed by atoms with E-state index < -0.39 is 0 Å². The minimum absolute atomic E-state index is 0.178. The van der Waals surface area contributed by atoms with Crippen molar-refractivity contribution in [3.8, 4) is 0 Å². The van der Waals surface area contributed by atoms with Crippen molar-refractivity contribution in [3.63, 3.8) is 0 Å². The highest BCUT2D eigenvalue weighted by Crippen LogP contribution is 2.34. The first kappa shape index (κ1) is 16.9. The van der Waals surface area contributed by atoms with E-state index in [9.17, 15) is 9.90 Å². The lowest BCUT2D eigenvalue weighted by Crippen LogP contribution is -2.25. The number of carbonyl (C=O) groups is 1. The Balaban J connectivity index is 2.94. The maximum absolute atomic E-state index is 12.4. The standard InChI is InChI=1S/C18H28O2/c1-13(11-14(2)19)16(12-17(20)18(3,4)5)15-9-7-6-8-10-15/h6-10,13-14,16,19H,11-12H2,1-5H3/t13-,14+,16-/m1/s1. The SMILES string of the molecule is C[C@H](O)C[C@@H](C)[C@@H](CC(=O)C(C)(C)C)c1ccccc1. The predicted octanol–water partition coefficient (Wildman–Crippen LogP) is 4.18. The highest BCUT2D eigenvalue weighted by atomic mass is 16.3. The van der Waals surface area contributed by atoms with E-state index in [2.05, 4.69) is 19.1 Å². The van der Waals surface area contributed by atoms with E-state index in [0.29, 0.717) is 6.42 Å². The number of aliphatic hydroxyl groups excluding tert-OH is 1. The van der Waals surface area contributed by atoms with Gasteiger partial charge in [0.15, 0.2) is 0 Å². The Kier molecular flexibility index (Phi) is 5.94. The molecular formula is C18H28O2. The van der Waals surface area contributed by atoms with Gasteiger partial charge in [-0.05, 0) is 30.7 Å². The van der Waals surface area contributed by atoms with Crippen LogP contribution in [0.25, 0.3) is 0 Å². The number of ketones is 1. The summed E-state index contributed by atoms with van der Waals surface area (Å²) in [6.45, 7) is 9.84. The second kappa shape index (κ2) is 7.03. The number of hydrogen-bond acceptors (Lipinski definition) is 2. The summed E-state index contributed by atoms with van der Waals surface area (Å²) in [7, 11) is 0. The zero-order valence-electron chi connectivity index (χ0n) is 13.4. The Bertz CT molecular complexity index is 415. The second-order valence-corrected chi connectivity index (χ2v) is 6.96. The molecule has 0 aromatic heterocycles. The van der Waals surface area contributed by atoms with Gasteiger partial charge in [-0.25, -0.2) is 0 Å². The molecule has 2 nitrogen and oxygen atoms in total. The van der Waals surface area contributed by atoms with Crippen molar-refractivity contribution >= 4 is 5.78 Å². The molecule has 0 aliphatic heterocycles. The van der Waals surface area contributed by atoms with Crippen LogP contribution in [0.15, 0.2) is 30.3 Å². The Labute approximate surface area is 123 Å². The van der Waals surface area contributed by atoms with Crippen LogP contribution in [0.3, 0.4) is 0 Å². The molecule has 0 saturated heterocycles. The molecule has 1 aromatic rings. The molecule has 0 aliphatic carbocycles. The zero-order chi connectivity index (χ0) is 15.3. The highest BCUT2D eigenvalue weighted by Gasteiger charge is 2.28. The second-order valence-electron chi connectivity index (χ2n) is 6.96. The lowest BCUT2D eigenvalue weighted by atomic mass is 9.76. The average molecular weight is 276 g/mol. The van der Waals surface area contributed by atoms with Crippen LogP contribution < -0.4 is 0 Å². The van der Waals surface area contributed by atoms with E-state index in [1.165, 1.54) is 5.56 Å². The molecule has 0 radical (unpaired) electrons. The summed E-state index contributed by atoms with van der Waals surface area (Å²) in [6.07, 6.45) is 0.930. The van der Waals surface area contributed by atoms with Crippen LogP contribution in [0.5, 0.6) is 0 Å². The molecule has 0 aliphatic rings. The largest absolute Gasteiger partial charge is 0.393 e. The van der Waals surface area contributed by atoms with Crippen molar-refractivity contribution in [1.82, 2.24) is 0 Å². The summed E-state index contributed by atoms with van der Waals surface area (Å²) in [5, 5.41) is 9.63. The molecule has 2 heteroatoms. The van der Waals surface area contributed by atoms with Crippen LogP contribution in [0.1, 0.15) is 58.9 Å². The highest BCUT2D eigenvalue weighted by molar-refractivity contribution is 5.84. The third-order valence-corrected chi connectivity index (χ3v) is 3.87. The van der Waals surface area contributed by atoms with Crippen molar-refractivity contribution in [2.45, 2.75) is 59.5 Å². The number of rotatable bonds is 6. The molecule has 0 heterocycles. The third kappa shape index (κ3) is 5.09. The first-order valence-electron chi connectivity index (χ1n) is 7.48. The summed E-state index contributed by atoms with van der Waals surface area (Å²) in [5.41, 5.74) is 0.885. The van der Waals surface area contributed by atoms with Crippen LogP contribution in [0, 0.1) is 11.3 Å². The Morgan fingerprint density at radius 1 is 1.15 bits per heavy atom. The van der Waals surface area contributed by atoms with Gasteiger partial charge in [0.2, 0.25) is 0 Å². The fourth-order valence-corrected chi connectivity index (χ4v) is 2.56. The molecule has 0 unspecified atom stereocenters. The van der Waals surface area contributed by atoms with Crippen molar-refractivity contribution in [2.75, 3.05) is 0 Å². The first-order chi connectivity index (χ1) is 9.21. The van der Waals surface area contributed by atoms with Crippen LogP contribution in [-0.4, -0.2) is 17.0 Å². The topological polar surface area (TPSA) is 37.3 Å². The molecule has 0 fully saturated rings. The summed E-state index contributed by atoms with van der Waals surface area (Å²) >= 11 is 0. The van der Waals surface area contributed by atoms with Crippen LogP contribution in [0.4, 0.5) is 0 Å². The summed E-state index contributed by atoms with van der Waals surface area (Å²) < 4.78 is 0. The minimum Gasteiger partial charge on any atom is -0.393 e. The van der Waals surface area contributed by atoms with Gasteiger partial charge in [-0.1, -0.05) is 58.0 Å². The molecule has 20 heavy (non-hydrogen) atoms. The van der Waals surface area contributed by atoms with Gasteiger partial charge < -0.3 is 5.11 Å². The van der Waals surface area contributed by atoms with Gasteiger partial charge in [0.25, 0.3) is 0 Å². The van der Waals surface area contributed by atoms with Crippen molar-refractivity contribution in [1.29, 1.82) is 0 Å². The fraction of sp³-hybridized carbons (Fsp3) is 0.611. The number of benzene rings is 1. The monoisotopic (exact) mass is 276 g/mol. The van der Waals surface area contributed by atoms with E-state index in [1.54, 1.807) is 0 Å². The molecule has 0 amide bonds. The van der Waals surface area contributed by atoms with Crippen molar-refractivity contribution < 1.29 is 9.90 Å². The number of Topliss-reactive ketones (excluding diaryl/α,β-unsaturated/α-hetero) is 1. The quantitative estimate of drug-likeness (QED) is 0.846. The molecular weight excluding hydrogens is 248 g/mol. The van der Waals surface area contributed by atoms with Crippen LogP contribution in [0.2, 0.25) is 0 Å². The Hall–Kier alpha value is -1.15. The summed E-state index contributed by atoms with van der Waals surface area (Å²) in [5.74, 6) is 0.741. The van der Waals surface area contributed by atoms with E-state index in [1.807, 2.05) is 45.9 Å². The molecule has 1 aromatic carbocycles. The van der Waals surface area contributed by atoms with Crippen LogP contribution >= 0.6 is 0 Å². The molecule has 0 bridgehead atoms. The number of carbonyl (C=O) groups excluding carboxylic acids is 1. The van der Waals surface area contributed by atoms with E-state index >= 15 is 0 Å². The Morgan fingerprint density at radius 2 is 1.70 bits per heavy atom. The van der Waals surface area contributed by atoms with Gasteiger partial charge in [0.05, 0.1) is 6.10 Å². The summed E-state index contributed by atoms with van der Waals surface area (Å²) in [4.78, 5) is 12.4. The van der Waals surface area contributed by atoms with Gasteiger partial charge in [-0.3, -0.25) is 4.79 Å². The first-order valence-corrected chi connectivity index (χ1v) is 7.48. The maximum atomic E-state index is 12.4. The van der Waals surface area contributed by atoms with Gasteiger partial charge >= 0.3 is 0 Å². The van der Waals surface area contributed by atoms with Crippen molar-refractivity contribution in [2.24, 2.45) is 11.3 Å². The lowest BCUT2D eigenvalue weighted by Gasteiger charge is -2.28. The van der Waals surface area contributed by atoms with E-state index in [4.69, 9.17) is 0 Å². The lowest BCUT2D eigenvalue weighted by molar-refractivity contribution is -0.127. The van der Waals surface area contributed by atoms with Crippen molar-refractivity contribution in [3.05, 3.63) is 35.9 Å². The normalized spacial score (nSPS) is 16.5. The van der Waals surface area contributed by atoms with Gasteiger partial charge in [-0.15, -0.1) is 0 Å². The third-order valence-electron chi connectivity index (χ3n) is 3.87. The fourth-order valence-electron chi connectivity index (χ4n) is 2.56. The predicted molar refractivity (Wildman–Crippen MR) is 83.7 cm³/mol. The van der Waals surface area contributed by atoms with E-state index in [0.717, 1.165) is 6.42 Å². The molecule has 3 atom stereocenters.